The van der Waals surface area contributed by atoms with Crippen LogP contribution in [0, 0.1) is 17.6 Å². The molecule has 0 amide bonds. The number of sulfonamides is 1. The van der Waals surface area contributed by atoms with Crippen molar-refractivity contribution in [3.05, 3.63) is 76.1 Å². The molecule has 3 aliphatic rings. The fourth-order valence-electron chi connectivity index (χ4n) is 6.96. The van der Waals surface area contributed by atoms with Gasteiger partial charge in [0.25, 0.3) is 0 Å². The minimum Gasteiger partial charge on any atom is -0.382 e. The number of hydrogen-bond donors (Lipinski definition) is 2. The summed E-state index contributed by atoms with van der Waals surface area (Å²) in [6, 6.07) is 8.60. The summed E-state index contributed by atoms with van der Waals surface area (Å²) in [5.41, 5.74) is 4.49. The van der Waals surface area contributed by atoms with Crippen LogP contribution in [0.4, 0.5) is 14.5 Å². The minimum absolute atomic E-state index is 0.00793. The number of fused-ring (bicyclic) bond motifs is 1. The summed E-state index contributed by atoms with van der Waals surface area (Å²) in [5, 5.41) is 11.0. The van der Waals surface area contributed by atoms with Crippen molar-refractivity contribution in [2.45, 2.75) is 75.8 Å². The van der Waals surface area contributed by atoms with Gasteiger partial charge in [-0.25, -0.2) is 17.2 Å². The largest absolute Gasteiger partial charge is 0.382 e. The Morgan fingerprint density at radius 3 is 2.50 bits per heavy atom. The number of halogens is 2. The van der Waals surface area contributed by atoms with E-state index in [-0.39, 0.29) is 31.3 Å². The van der Waals surface area contributed by atoms with Crippen LogP contribution < -0.4 is 5.32 Å². The number of likely N-dealkylation sites (tertiary alicyclic amines) is 1. The summed E-state index contributed by atoms with van der Waals surface area (Å²) >= 11 is 0. The van der Waals surface area contributed by atoms with Gasteiger partial charge in [-0.1, -0.05) is 13.0 Å². The van der Waals surface area contributed by atoms with Crippen molar-refractivity contribution >= 4 is 21.5 Å². The molecule has 0 atom stereocenters. The highest BCUT2D eigenvalue weighted by molar-refractivity contribution is 7.89. The number of rotatable bonds is 11. The van der Waals surface area contributed by atoms with E-state index < -0.39 is 26.6 Å². The first-order valence-electron chi connectivity index (χ1n) is 16.4. The molecule has 12 heteroatoms. The summed E-state index contributed by atoms with van der Waals surface area (Å²) in [5.74, 6) is -1.42. The summed E-state index contributed by atoms with van der Waals surface area (Å²) in [4.78, 5) is 16.0. The van der Waals surface area contributed by atoms with Crippen LogP contribution in [0.25, 0.3) is 0 Å². The van der Waals surface area contributed by atoms with E-state index in [0.717, 1.165) is 62.4 Å². The number of carbonyl (C=O) groups excluding carboxylic acids is 1. The molecule has 2 fully saturated rings. The lowest BCUT2D eigenvalue weighted by Crippen LogP contribution is -2.36. The van der Waals surface area contributed by atoms with Gasteiger partial charge in [-0.3, -0.25) is 9.89 Å². The minimum atomic E-state index is -4.17. The van der Waals surface area contributed by atoms with Crippen LogP contribution in [-0.2, 0) is 40.6 Å². The lowest BCUT2D eigenvalue weighted by atomic mass is 9.89. The second kappa shape index (κ2) is 14.3. The number of piperidine rings is 1. The average Bonchev–Trinajstić information content (AvgIpc) is 3.44. The third-order valence-electron chi connectivity index (χ3n) is 9.52. The highest BCUT2D eigenvalue weighted by Crippen LogP contribution is 2.30. The van der Waals surface area contributed by atoms with Crippen molar-refractivity contribution < 1.29 is 26.7 Å². The first-order chi connectivity index (χ1) is 22.2. The van der Waals surface area contributed by atoms with Gasteiger partial charge in [0.2, 0.25) is 10.0 Å². The number of hydrogen-bond acceptors (Lipinski definition) is 7. The highest BCUT2D eigenvalue weighted by atomic mass is 32.2. The van der Waals surface area contributed by atoms with Gasteiger partial charge in [-0.15, -0.1) is 0 Å². The lowest BCUT2D eigenvalue weighted by molar-refractivity contribution is 0.0904. The Hall–Kier alpha value is -3.19. The molecule has 9 nitrogen and oxygen atoms in total. The van der Waals surface area contributed by atoms with Crippen molar-refractivity contribution in [1.82, 2.24) is 19.4 Å². The number of H-pyrrole nitrogens is 1. The monoisotopic (exact) mass is 655 g/mol. The summed E-state index contributed by atoms with van der Waals surface area (Å²) < 4.78 is 61.1. The van der Waals surface area contributed by atoms with E-state index in [1.54, 1.807) is 0 Å². The third-order valence-corrected chi connectivity index (χ3v) is 11.3. The smallest absolute Gasteiger partial charge is 0.243 e. The molecule has 0 bridgehead atoms. The number of Topliss-reactive ketones (excluding diaryl/α,β-unsaturated/α-hetero) is 1. The van der Waals surface area contributed by atoms with Crippen LogP contribution in [-0.4, -0.2) is 79.0 Å². The summed E-state index contributed by atoms with van der Waals surface area (Å²) in [7, 11) is -4.17. The molecule has 6 rings (SSSR count). The zero-order valence-electron chi connectivity index (χ0n) is 26.4. The second-order valence-corrected chi connectivity index (χ2v) is 14.8. The molecule has 0 unspecified atom stereocenters. The van der Waals surface area contributed by atoms with E-state index >= 15 is 0 Å². The fourth-order valence-corrected chi connectivity index (χ4v) is 8.41. The lowest BCUT2D eigenvalue weighted by Gasteiger charge is -2.32. The number of carbonyl (C=O) groups is 1. The molecule has 0 radical (unpaired) electrons. The van der Waals surface area contributed by atoms with E-state index in [0.29, 0.717) is 48.4 Å². The van der Waals surface area contributed by atoms with Gasteiger partial charge in [0.1, 0.15) is 11.6 Å². The van der Waals surface area contributed by atoms with Gasteiger partial charge in [-0.2, -0.15) is 9.40 Å². The van der Waals surface area contributed by atoms with Crippen LogP contribution in [0.1, 0.15) is 71.9 Å². The molecule has 2 N–H and O–H groups in total. The van der Waals surface area contributed by atoms with Crippen LogP contribution in [0.2, 0.25) is 0 Å². The van der Waals surface area contributed by atoms with Crippen molar-refractivity contribution in [2.75, 3.05) is 44.7 Å². The second-order valence-electron chi connectivity index (χ2n) is 12.8. The summed E-state index contributed by atoms with van der Waals surface area (Å²) in [6.07, 6.45) is 6.56. The summed E-state index contributed by atoms with van der Waals surface area (Å²) in [6.45, 7) is 7.08. The van der Waals surface area contributed by atoms with Crippen LogP contribution in [0.15, 0.2) is 41.3 Å². The molecule has 0 aliphatic carbocycles. The molecule has 3 aromatic rings. The maximum atomic E-state index is 13.9. The molecule has 3 aliphatic heterocycles. The van der Waals surface area contributed by atoms with Crippen molar-refractivity contribution in [1.29, 1.82) is 0 Å². The quantitative estimate of drug-likeness (QED) is 0.277. The normalized spacial score (nSPS) is 18.8. The van der Waals surface area contributed by atoms with Gasteiger partial charge in [0.15, 0.2) is 5.78 Å². The van der Waals surface area contributed by atoms with Crippen LogP contribution in [0.5, 0.6) is 0 Å². The molecule has 0 saturated carbocycles. The fraction of sp³-hybridized carbons (Fsp3) is 0.529. The number of benzene rings is 2. The highest BCUT2D eigenvalue weighted by Gasteiger charge is 2.32. The first kappa shape index (κ1) is 32.7. The Bertz CT molecular complexity index is 1630. The zero-order valence-corrected chi connectivity index (χ0v) is 27.2. The molecular formula is C34H43F2N5O4S. The predicted molar refractivity (Wildman–Crippen MR) is 171 cm³/mol. The Morgan fingerprint density at radius 2 is 1.78 bits per heavy atom. The van der Waals surface area contributed by atoms with E-state index in [1.807, 2.05) is 6.07 Å². The molecule has 248 valence electrons. The van der Waals surface area contributed by atoms with Crippen LogP contribution >= 0.6 is 0 Å². The molecule has 0 spiro atoms. The van der Waals surface area contributed by atoms with Crippen LogP contribution in [0.3, 0.4) is 0 Å². The van der Waals surface area contributed by atoms with E-state index in [1.165, 1.54) is 29.1 Å². The number of ketones is 1. The maximum absolute atomic E-state index is 13.9. The van der Waals surface area contributed by atoms with Gasteiger partial charge in [0, 0.05) is 67.3 Å². The van der Waals surface area contributed by atoms with E-state index in [9.17, 15) is 22.0 Å². The van der Waals surface area contributed by atoms with Gasteiger partial charge in [-0.05, 0) is 93.9 Å². The maximum Gasteiger partial charge on any atom is 0.243 e. The first-order valence-corrected chi connectivity index (χ1v) is 17.9. The van der Waals surface area contributed by atoms with E-state index in [2.05, 4.69) is 39.5 Å². The standard InChI is InChI=1S/C34H43F2N5O4S/c1-2-10-40-11-5-23(6-12-40)16-24-3-4-29(32(17-24)37-27-8-14-45-15-9-27)34(42)21-33-30-22-41(13-7-31(30)38-39-33)46(43,44)28-19-25(35)18-26(36)20-28/h3-4,17-20,23,27,37H,2,5-16,21-22H2,1H3,(H,38,39). The number of ether oxygens (including phenoxy) is 1. The molecule has 1 aromatic heterocycles. The number of aromatic nitrogens is 2. The molecular weight excluding hydrogens is 612 g/mol. The molecule has 4 heterocycles. The Kier molecular flexibility index (Phi) is 10.2. The number of nitrogens with zero attached hydrogens (tertiary/aromatic N) is 3. The SMILES string of the molecule is CCCN1CCC(Cc2ccc(C(=O)Cc3n[nH]c4c3CN(S(=O)(=O)c3cc(F)cc(F)c3)CC4)c(NC3CCOCC3)c2)CC1. The molecule has 46 heavy (non-hydrogen) atoms. The Balaban J connectivity index is 1.19. The molecule has 2 aromatic carbocycles. The average molecular weight is 656 g/mol. The van der Waals surface area contributed by atoms with E-state index in [4.69, 9.17) is 4.74 Å². The number of anilines is 1. The van der Waals surface area contributed by atoms with Crippen molar-refractivity contribution in [3.63, 3.8) is 0 Å². The number of nitrogens with one attached hydrogen (secondary N) is 2. The zero-order chi connectivity index (χ0) is 32.3. The Morgan fingerprint density at radius 1 is 1.04 bits per heavy atom. The van der Waals surface area contributed by atoms with Gasteiger partial charge < -0.3 is 15.0 Å². The third kappa shape index (κ3) is 7.51. The number of aromatic amines is 1. The van der Waals surface area contributed by atoms with Crippen molar-refractivity contribution in [2.24, 2.45) is 5.92 Å². The van der Waals surface area contributed by atoms with Gasteiger partial charge >= 0.3 is 0 Å². The Labute approximate surface area is 269 Å². The molecule has 2 saturated heterocycles. The van der Waals surface area contributed by atoms with Crippen molar-refractivity contribution in [3.8, 4) is 0 Å². The van der Waals surface area contributed by atoms with Gasteiger partial charge in [0.05, 0.1) is 17.0 Å². The predicted octanol–water partition coefficient (Wildman–Crippen LogP) is 5.12. The topological polar surface area (TPSA) is 108 Å².